The van der Waals surface area contributed by atoms with E-state index < -0.39 is 16.3 Å². The predicted molar refractivity (Wildman–Crippen MR) is 70.9 cm³/mol. The van der Waals surface area contributed by atoms with Crippen molar-refractivity contribution in [2.45, 2.75) is 56.9 Å². The number of hydrogen-bond donors (Lipinski definition) is 1. The predicted octanol–water partition coefficient (Wildman–Crippen LogP) is 3.39. The number of carboxylic acids is 1. The third kappa shape index (κ3) is 6.45. The molecule has 18 heavy (non-hydrogen) atoms. The van der Waals surface area contributed by atoms with Gasteiger partial charge in [-0.3, -0.25) is 0 Å². The number of esters is 1. The lowest BCUT2D eigenvalue weighted by Crippen LogP contribution is -2.38. The molecule has 0 aliphatic carbocycles. The van der Waals surface area contributed by atoms with E-state index >= 15 is 0 Å². The number of ether oxygens (including phenoxy) is 1. The Morgan fingerprint density at radius 2 is 1.67 bits per heavy atom. The van der Waals surface area contributed by atoms with E-state index in [1.54, 1.807) is 6.92 Å². The molecule has 4 nitrogen and oxygen atoms in total. The number of alkyl halides is 2. The van der Waals surface area contributed by atoms with Gasteiger partial charge in [0.25, 0.3) is 0 Å². The number of unbranched alkanes of at least 4 members (excludes halogenated alkanes) is 1. The molecule has 0 fully saturated rings. The molecule has 0 amide bonds. The van der Waals surface area contributed by atoms with Crippen molar-refractivity contribution in [2.24, 2.45) is 5.92 Å². The zero-order chi connectivity index (χ0) is 14.3. The SMILES string of the molecule is CC(C)CCCCC(C)OC(=O)C(Cl)(Cl)C(=O)O. The molecular weight excluding hydrogens is 279 g/mol. The van der Waals surface area contributed by atoms with Crippen molar-refractivity contribution in [3.05, 3.63) is 0 Å². The van der Waals surface area contributed by atoms with Gasteiger partial charge in [0.05, 0.1) is 6.10 Å². The number of carbonyl (C=O) groups excluding carboxylic acids is 1. The fourth-order valence-electron chi connectivity index (χ4n) is 1.39. The highest BCUT2D eigenvalue weighted by molar-refractivity contribution is 6.66. The lowest BCUT2D eigenvalue weighted by atomic mass is 10.0. The lowest BCUT2D eigenvalue weighted by Gasteiger charge is -2.18. The Bertz CT molecular complexity index is 290. The molecule has 0 aromatic rings. The minimum Gasteiger partial charge on any atom is -0.479 e. The molecule has 0 aromatic heterocycles. The van der Waals surface area contributed by atoms with Gasteiger partial charge >= 0.3 is 16.3 Å². The van der Waals surface area contributed by atoms with E-state index in [2.05, 4.69) is 13.8 Å². The zero-order valence-electron chi connectivity index (χ0n) is 10.9. The molecule has 1 atom stereocenters. The summed E-state index contributed by atoms with van der Waals surface area (Å²) in [7, 11) is 0. The van der Waals surface area contributed by atoms with Crippen molar-refractivity contribution < 1.29 is 19.4 Å². The minimum atomic E-state index is -2.52. The van der Waals surface area contributed by atoms with Gasteiger partial charge in [-0.15, -0.1) is 0 Å². The molecular formula is C12H20Cl2O4. The van der Waals surface area contributed by atoms with E-state index in [0.29, 0.717) is 12.3 Å². The first kappa shape index (κ1) is 17.5. The summed E-state index contributed by atoms with van der Waals surface area (Å²) < 4.78 is 2.38. The van der Waals surface area contributed by atoms with E-state index in [1.165, 1.54) is 0 Å². The first-order valence-electron chi connectivity index (χ1n) is 6.00. The van der Waals surface area contributed by atoms with Crippen LogP contribution in [0, 0.1) is 5.92 Å². The molecule has 1 N–H and O–H groups in total. The molecule has 0 heterocycles. The third-order valence-electron chi connectivity index (χ3n) is 2.48. The maximum atomic E-state index is 11.4. The normalized spacial score (nSPS) is 13.4. The van der Waals surface area contributed by atoms with Gasteiger partial charge in [0.2, 0.25) is 0 Å². The van der Waals surface area contributed by atoms with Crippen LogP contribution in [0.3, 0.4) is 0 Å². The molecule has 1 unspecified atom stereocenters. The van der Waals surface area contributed by atoms with Crippen LogP contribution < -0.4 is 0 Å². The number of rotatable bonds is 8. The smallest absolute Gasteiger partial charge is 0.354 e. The van der Waals surface area contributed by atoms with Crippen molar-refractivity contribution >= 4 is 35.1 Å². The zero-order valence-corrected chi connectivity index (χ0v) is 12.4. The number of carboxylic acid groups (broad SMARTS) is 1. The van der Waals surface area contributed by atoms with Crippen molar-refractivity contribution in [3.8, 4) is 0 Å². The van der Waals surface area contributed by atoms with Gasteiger partial charge in [-0.05, 0) is 25.7 Å². The average molecular weight is 299 g/mol. The second kappa shape index (κ2) is 7.85. The first-order valence-corrected chi connectivity index (χ1v) is 6.75. The number of aliphatic carboxylic acids is 1. The Labute approximate surface area is 118 Å². The minimum absolute atomic E-state index is 0.388. The van der Waals surface area contributed by atoms with Crippen LogP contribution in [0.25, 0.3) is 0 Å². The first-order chi connectivity index (χ1) is 8.17. The fourth-order valence-corrected chi connectivity index (χ4v) is 1.48. The Balaban J connectivity index is 3.98. The van der Waals surface area contributed by atoms with Crippen LogP contribution in [0.2, 0.25) is 0 Å². The van der Waals surface area contributed by atoms with E-state index in [1.807, 2.05) is 0 Å². The van der Waals surface area contributed by atoms with Gasteiger partial charge in [-0.2, -0.15) is 0 Å². The second-order valence-corrected chi connectivity index (χ2v) is 6.10. The quantitative estimate of drug-likeness (QED) is 0.323. The van der Waals surface area contributed by atoms with E-state index in [-0.39, 0.29) is 6.10 Å². The van der Waals surface area contributed by atoms with Gasteiger partial charge in [0.15, 0.2) is 0 Å². The highest BCUT2D eigenvalue weighted by Gasteiger charge is 2.44. The number of halogens is 2. The molecule has 0 spiro atoms. The molecule has 0 aliphatic rings. The summed E-state index contributed by atoms with van der Waals surface area (Å²) in [5.74, 6) is -2.11. The highest BCUT2D eigenvalue weighted by atomic mass is 35.5. The van der Waals surface area contributed by atoms with Gasteiger partial charge < -0.3 is 9.84 Å². The van der Waals surface area contributed by atoms with E-state index in [9.17, 15) is 9.59 Å². The van der Waals surface area contributed by atoms with Gasteiger partial charge in [-0.25, -0.2) is 9.59 Å². The molecule has 0 bridgehead atoms. The van der Waals surface area contributed by atoms with Crippen molar-refractivity contribution in [1.29, 1.82) is 0 Å². The summed E-state index contributed by atoms with van der Waals surface area (Å²) in [4.78, 5) is 22.0. The molecule has 0 aromatic carbocycles. The number of carbonyl (C=O) groups is 2. The van der Waals surface area contributed by atoms with Crippen LogP contribution in [0.5, 0.6) is 0 Å². The standard InChI is InChI=1S/C12H20Cl2O4/c1-8(2)6-4-5-7-9(3)18-11(17)12(13,14)10(15)16/h8-9H,4-7H2,1-3H3,(H,15,16). The molecule has 106 valence electrons. The second-order valence-electron chi connectivity index (χ2n) is 4.77. The summed E-state index contributed by atoms with van der Waals surface area (Å²) in [5, 5.41) is 8.64. The summed E-state index contributed by atoms with van der Waals surface area (Å²) in [5.41, 5.74) is 0. The van der Waals surface area contributed by atoms with Gasteiger partial charge in [0, 0.05) is 0 Å². The topological polar surface area (TPSA) is 63.6 Å². The Morgan fingerprint density at radius 3 is 2.11 bits per heavy atom. The van der Waals surface area contributed by atoms with Crippen LogP contribution in [-0.4, -0.2) is 27.5 Å². The van der Waals surface area contributed by atoms with Crippen molar-refractivity contribution in [1.82, 2.24) is 0 Å². The molecule has 0 saturated carbocycles. The Morgan fingerprint density at radius 1 is 1.17 bits per heavy atom. The Kier molecular flexibility index (Phi) is 7.64. The molecule has 6 heteroatoms. The summed E-state index contributed by atoms with van der Waals surface area (Å²) >= 11 is 10.7. The molecule has 0 aliphatic heterocycles. The summed E-state index contributed by atoms with van der Waals surface area (Å²) in [6, 6.07) is 0. The number of hydrogen-bond acceptors (Lipinski definition) is 3. The van der Waals surface area contributed by atoms with Crippen LogP contribution in [0.1, 0.15) is 46.5 Å². The van der Waals surface area contributed by atoms with Crippen LogP contribution in [0.15, 0.2) is 0 Å². The largest absolute Gasteiger partial charge is 0.479 e. The van der Waals surface area contributed by atoms with E-state index in [4.69, 9.17) is 33.0 Å². The van der Waals surface area contributed by atoms with Crippen molar-refractivity contribution in [2.75, 3.05) is 0 Å². The average Bonchev–Trinajstić information content (AvgIpc) is 2.23. The third-order valence-corrected chi connectivity index (χ3v) is 3.11. The summed E-state index contributed by atoms with van der Waals surface area (Å²) in [6.45, 7) is 5.98. The van der Waals surface area contributed by atoms with Crippen LogP contribution in [0.4, 0.5) is 0 Å². The molecule has 0 rings (SSSR count). The maximum Gasteiger partial charge on any atom is 0.354 e. The Hall–Kier alpha value is -0.480. The maximum absolute atomic E-state index is 11.4. The van der Waals surface area contributed by atoms with E-state index in [0.717, 1.165) is 19.3 Å². The van der Waals surface area contributed by atoms with Gasteiger partial charge in [0.1, 0.15) is 0 Å². The molecule has 0 saturated heterocycles. The van der Waals surface area contributed by atoms with Crippen molar-refractivity contribution in [3.63, 3.8) is 0 Å². The van der Waals surface area contributed by atoms with Gasteiger partial charge in [-0.1, -0.05) is 49.9 Å². The van der Waals surface area contributed by atoms with Crippen LogP contribution >= 0.6 is 23.2 Å². The monoisotopic (exact) mass is 298 g/mol. The highest BCUT2D eigenvalue weighted by Crippen LogP contribution is 2.24. The lowest BCUT2D eigenvalue weighted by molar-refractivity contribution is -0.156. The summed E-state index contributed by atoms with van der Waals surface area (Å²) in [6.07, 6.45) is 3.36. The van der Waals surface area contributed by atoms with Crippen LogP contribution in [-0.2, 0) is 14.3 Å². The fraction of sp³-hybridized carbons (Fsp3) is 0.833. The molecule has 0 radical (unpaired) electrons.